The molecule has 2 atom stereocenters. The van der Waals surface area contributed by atoms with Crippen LogP contribution in [0.4, 0.5) is 0 Å². The van der Waals surface area contributed by atoms with Crippen LogP contribution in [-0.2, 0) is 4.79 Å². The average Bonchev–Trinajstić information content (AvgIpc) is 2.39. The van der Waals surface area contributed by atoms with Crippen LogP contribution in [0.25, 0.3) is 0 Å². The van der Waals surface area contributed by atoms with Crippen LogP contribution in [0.2, 0.25) is 0 Å². The first-order valence-corrected chi connectivity index (χ1v) is 7.65. The van der Waals surface area contributed by atoms with E-state index in [1.807, 2.05) is 0 Å². The minimum Gasteiger partial charge on any atom is -0.390 e. The maximum Gasteiger partial charge on any atom is 0.133 e. The van der Waals surface area contributed by atoms with Crippen molar-refractivity contribution in [2.75, 3.05) is 13.1 Å². The number of ketones is 1. The Labute approximate surface area is 110 Å². The van der Waals surface area contributed by atoms with Crippen molar-refractivity contribution >= 4 is 5.78 Å². The number of rotatable bonds is 1. The fourth-order valence-electron chi connectivity index (χ4n) is 4.22. The van der Waals surface area contributed by atoms with E-state index >= 15 is 0 Å². The van der Waals surface area contributed by atoms with Crippen molar-refractivity contribution in [3.8, 4) is 0 Å². The van der Waals surface area contributed by atoms with E-state index in [-0.39, 0.29) is 5.60 Å². The Hall–Kier alpha value is -0.410. The van der Waals surface area contributed by atoms with Crippen LogP contribution in [0, 0.1) is 5.92 Å². The van der Waals surface area contributed by atoms with Gasteiger partial charge in [0.05, 0.1) is 5.60 Å². The molecule has 2 saturated carbocycles. The molecule has 3 heteroatoms. The summed E-state index contributed by atoms with van der Waals surface area (Å²) in [4.78, 5) is 13.9. The number of hydrogen-bond acceptors (Lipinski definition) is 3. The monoisotopic (exact) mass is 251 g/mol. The van der Waals surface area contributed by atoms with E-state index in [1.54, 1.807) is 0 Å². The SMILES string of the molecule is O=C1CCC(N2CCC3(O)CCCCC3C2)CC1. The molecule has 1 aliphatic heterocycles. The van der Waals surface area contributed by atoms with Crippen molar-refractivity contribution < 1.29 is 9.90 Å². The summed E-state index contributed by atoms with van der Waals surface area (Å²) in [5, 5.41) is 10.7. The molecule has 18 heavy (non-hydrogen) atoms. The molecule has 0 aromatic heterocycles. The van der Waals surface area contributed by atoms with Crippen LogP contribution >= 0.6 is 0 Å². The highest BCUT2D eigenvalue weighted by atomic mass is 16.3. The molecular formula is C15H25NO2. The highest BCUT2D eigenvalue weighted by Gasteiger charge is 2.44. The van der Waals surface area contributed by atoms with Crippen molar-refractivity contribution in [1.29, 1.82) is 0 Å². The Kier molecular flexibility index (Phi) is 3.46. The Morgan fingerprint density at radius 3 is 2.67 bits per heavy atom. The van der Waals surface area contributed by atoms with Gasteiger partial charge in [-0.15, -0.1) is 0 Å². The summed E-state index contributed by atoms with van der Waals surface area (Å²) >= 11 is 0. The fourth-order valence-corrected chi connectivity index (χ4v) is 4.22. The Bertz CT molecular complexity index is 320. The Morgan fingerprint density at radius 1 is 1.11 bits per heavy atom. The minimum atomic E-state index is -0.362. The third-order valence-electron chi connectivity index (χ3n) is 5.49. The third kappa shape index (κ3) is 2.35. The summed E-state index contributed by atoms with van der Waals surface area (Å²) in [6, 6.07) is 0.606. The highest BCUT2D eigenvalue weighted by Crippen LogP contribution is 2.41. The quantitative estimate of drug-likeness (QED) is 0.776. The van der Waals surface area contributed by atoms with Crippen LogP contribution in [0.1, 0.15) is 57.8 Å². The lowest BCUT2D eigenvalue weighted by molar-refractivity contribution is -0.124. The van der Waals surface area contributed by atoms with Gasteiger partial charge < -0.3 is 5.11 Å². The summed E-state index contributed by atoms with van der Waals surface area (Å²) in [6.45, 7) is 2.10. The second kappa shape index (κ2) is 4.93. The summed E-state index contributed by atoms with van der Waals surface area (Å²) in [6.07, 6.45) is 9.27. The van der Waals surface area contributed by atoms with Gasteiger partial charge in [-0.3, -0.25) is 9.69 Å². The van der Waals surface area contributed by atoms with E-state index in [0.717, 1.165) is 51.6 Å². The predicted octanol–water partition coefficient (Wildman–Crippen LogP) is 2.13. The molecule has 1 heterocycles. The van der Waals surface area contributed by atoms with Gasteiger partial charge in [-0.2, -0.15) is 0 Å². The van der Waals surface area contributed by atoms with Crippen LogP contribution < -0.4 is 0 Å². The van der Waals surface area contributed by atoms with Crippen molar-refractivity contribution in [2.24, 2.45) is 5.92 Å². The van der Waals surface area contributed by atoms with E-state index < -0.39 is 0 Å². The molecule has 3 nitrogen and oxygen atoms in total. The van der Waals surface area contributed by atoms with Crippen LogP contribution in [0.15, 0.2) is 0 Å². The standard InChI is InChI=1S/C15H25NO2/c17-14-6-4-13(5-7-14)16-10-9-15(18)8-2-1-3-12(15)11-16/h12-13,18H,1-11H2. The van der Waals surface area contributed by atoms with E-state index in [4.69, 9.17) is 0 Å². The first-order valence-electron chi connectivity index (χ1n) is 7.65. The smallest absolute Gasteiger partial charge is 0.133 e. The molecule has 0 radical (unpaired) electrons. The molecule has 3 aliphatic rings. The van der Waals surface area contributed by atoms with Crippen molar-refractivity contribution in [2.45, 2.75) is 69.4 Å². The van der Waals surface area contributed by atoms with Crippen molar-refractivity contribution in [3.05, 3.63) is 0 Å². The Morgan fingerprint density at radius 2 is 1.89 bits per heavy atom. The van der Waals surface area contributed by atoms with Gasteiger partial charge in [0.25, 0.3) is 0 Å². The van der Waals surface area contributed by atoms with Gasteiger partial charge in [0.15, 0.2) is 0 Å². The largest absolute Gasteiger partial charge is 0.390 e. The zero-order valence-electron chi connectivity index (χ0n) is 11.2. The molecule has 1 saturated heterocycles. The minimum absolute atomic E-state index is 0.362. The van der Waals surface area contributed by atoms with Crippen molar-refractivity contribution in [1.82, 2.24) is 4.90 Å². The molecule has 0 amide bonds. The summed E-state index contributed by atoms with van der Waals surface area (Å²) in [7, 11) is 0. The molecule has 102 valence electrons. The van der Waals surface area contributed by atoms with Gasteiger partial charge >= 0.3 is 0 Å². The number of aliphatic hydroxyl groups is 1. The molecule has 0 aromatic carbocycles. The van der Waals surface area contributed by atoms with Gasteiger partial charge in [0, 0.05) is 37.9 Å². The number of nitrogens with zero attached hydrogens (tertiary/aromatic N) is 1. The summed E-state index contributed by atoms with van der Waals surface area (Å²) in [5.41, 5.74) is -0.362. The number of piperidine rings is 1. The summed E-state index contributed by atoms with van der Waals surface area (Å²) < 4.78 is 0. The maximum atomic E-state index is 11.3. The normalized spacial score (nSPS) is 39.6. The zero-order chi connectivity index (χ0) is 12.6. The van der Waals surface area contributed by atoms with Gasteiger partial charge in [-0.25, -0.2) is 0 Å². The van der Waals surface area contributed by atoms with Gasteiger partial charge in [-0.1, -0.05) is 12.8 Å². The Balaban J connectivity index is 1.61. The molecule has 2 aliphatic carbocycles. The third-order valence-corrected chi connectivity index (χ3v) is 5.49. The number of carbonyl (C=O) groups is 1. The van der Waals surface area contributed by atoms with E-state index in [2.05, 4.69) is 4.90 Å². The van der Waals surface area contributed by atoms with Crippen LogP contribution in [0.3, 0.4) is 0 Å². The number of hydrogen-bond donors (Lipinski definition) is 1. The second-order valence-electron chi connectivity index (χ2n) is 6.56. The lowest BCUT2D eigenvalue weighted by Crippen LogP contribution is -2.56. The first-order chi connectivity index (χ1) is 8.67. The molecule has 0 aromatic rings. The number of likely N-dealkylation sites (tertiary alicyclic amines) is 1. The highest BCUT2D eigenvalue weighted by molar-refractivity contribution is 5.79. The topological polar surface area (TPSA) is 40.5 Å². The lowest BCUT2D eigenvalue weighted by atomic mass is 9.70. The van der Waals surface area contributed by atoms with Crippen LogP contribution in [-0.4, -0.2) is 40.5 Å². The average molecular weight is 251 g/mol. The first kappa shape index (κ1) is 12.6. The second-order valence-corrected chi connectivity index (χ2v) is 6.56. The van der Waals surface area contributed by atoms with E-state index in [0.29, 0.717) is 17.7 Å². The van der Waals surface area contributed by atoms with Gasteiger partial charge in [0.1, 0.15) is 5.78 Å². The molecular weight excluding hydrogens is 226 g/mol. The lowest BCUT2D eigenvalue weighted by Gasteiger charge is -2.50. The molecule has 1 N–H and O–H groups in total. The van der Waals surface area contributed by atoms with Crippen molar-refractivity contribution in [3.63, 3.8) is 0 Å². The van der Waals surface area contributed by atoms with Crippen LogP contribution in [0.5, 0.6) is 0 Å². The van der Waals surface area contributed by atoms with Gasteiger partial charge in [-0.05, 0) is 32.1 Å². The number of fused-ring (bicyclic) bond motifs is 1. The fraction of sp³-hybridized carbons (Fsp3) is 0.933. The number of Topliss-reactive ketones (excluding diaryl/α,β-unsaturated/α-hetero) is 1. The predicted molar refractivity (Wildman–Crippen MR) is 70.4 cm³/mol. The van der Waals surface area contributed by atoms with E-state index in [9.17, 15) is 9.90 Å². The number of carbonyl (C=O) groups excluding carboxylic acids is 1. The molecule has 0 spiro atoms. The summed E-state index contributed by atoms with van der Waals surface area (Å²) in [5.74, 6) is 0.926. The molecule has 0 bridgehead atoms. The van der Waals surface area contributed by atoms with E-state index in [1.165, 1.54) is 19.3 Å². The molecule has 3 rings (SSSR count). The zero-order valence-corrected chi connectivity index (χ0v) is 11.2. The van der Waals surface area contributed by atoms with Gasteiger partial charge in [0.2, 0.25) is 0 Å². The maximum absolute atomic E-state index is 11.3. The molecule has 3 fully saturated rings. The molecule has 2 unspecified atom stereocenters.